The summed E-state index contributed by atoms with van der Waals surface area (Å²) in [6, 6.07) is 8.87. The number of H-pyrrole nitrogens is 1. The predicted molar refractivity (Wildman–Crippen MR) is 126 cm³/mol. The van der Waals surface area contributed by atoms with Crippen molar-refractivity contribution in [3.8, 4) is 11.8 Å². The molecule has 1 aliphatic heterocycles. The van der Waals surface area contributed by atoms with Crippen molar-refractivity contribution in [1.29, 1.82) is 5.26 Å². The van der Waals surface area contributed by atoms with E-state index in [1.807, 2.05) is 18.2 Å². The SMILES string of the molecule is COc1cccc2[nH]c(C(=O)N[C@@H](CC3CC3)C(=O)N[C@@]3(C#N)CC4C[C@H]3[C@H]3C(=O)NC[C@H]43)cc12. The lowest BCUT2D eigenvalue weighted by Gasteiger charge is -2.37. The Bertz CT molecular complexity index is 1260. The summed E-state index contributed by atoms with van der Waals surface area (Å²) in [5, 5.41) is 19.8. The lowest BCUT2D eigenvalue weighted by atomic mass is 9.71. The number of aromatic amines is 1. The van der Waals surface area contributed by atoms with E-state index in [4.69, 9.17) is 4.74 Å². The third kappa shape index (κ3) is 3.54. The molecule has 3 aliphatic carbocycles. The summed E-state index contributed by atoms with van der Waals surface area (Å²) in [5.74, 6) is 0.422. The molecule has 182 valence electrons. The highest BCUT2D eigenvalue weighted by molar-refractivity contribution is 6.01. The van der Waals surface area contributed by atoms with Crippen LogP contribution in [-0.2, 0) is 9.59 Å². The fraction of sp³-hybridized carbons (Fsp3) is 0.538. The largest absolute Gasteiger partial charge is 0.496 e. The summed E-state index contributed by atoms with van der Waals surface area (Å²) in [7, 11) is 1.58. The second kappa shape index (κ2) is 8.01. The zero-order chi connectivity index (χ0) is 24.3. The van der Waals surface area contributed by atoms with Crippen LogP contribution in [0.15, 0.2) is 24.3 Å². The highest BCUT2D eigenvalue weighted by Gasteiger charge is 2.65. The summed E-state index contributed by atoms with van der Waals surface area (Å²) in [6.07, 6.45) is 3.93. The minimum atomic E-state index is -1.06. The van der Waals surface area contributed by atoms with Crippen LogP contribution in [-0.4, -0.2) is 47.9 Å². The van der Waals surface area contributed by atoms with Crippen LogP contribution in [0.2, 0.25) is 0 Å². The van der Waals surface area contributed by atoms with E-state index in [0.717, 1.165) is 30.2 Å². The van der Waals surface area contributed by atoms with Gasteiger partial charge in [0.25, 0.3) is 5.91 Å². The molecule has 9 nitrogen and oxygen atoms in total. The first-order valence-electron chi connectivity index (χ1n) is 12.4. The van der Waals surface area contributed by atoms with E-state index >= 15 is 0 Å². The fourth-order valence-corrected chi connectivity index (χ4v) is 6.74. The molecular weight excluding hydrogens is 446 g/mol. The van der Waals surface area contributed by atoms with Crippen molar-refractivity contribution in [2.75, 3.05) is 13.7 Å². The average molecular weight is 476 g/mol. The lowest BCUT2D eigenvalue weighted by molar-refractivity contribution is -0.128. The molecule has 0 spiro atoms. The molecule has 6 atom stereocenters. The molecule has 9 heteroatoms. The summed E-state index contributed by atoms with van der Waals surface area (Å²) in [6.45, 7) is 0.662. The van der Waals surface area contributed by atoms with Crippen LogP contribution in [0.25, 0.3) is 10.9 Å². The number of carbonyl (C=O) groups excluding carboxylic acids is 3. The molecule has 2 aromatic rings. The predicted octanol–water partition coefficient (Wildman–Crippen LogP) is 1.86. The Hall–Kier alpha value is -3.54. The van der Waals surface area contributed by atoms with Crippen LogP contribution < -0.4 is 20.7 Å². The fourth-order valence-electron chi connectivity index (χ4n) is 6.74. The second-order valence-corrected chi connectivity index (χ2v) is 10.6. The number of hydrogen-bond donors (Lipinski definition) is 4. The molecule has 3 amide bonds. The third-order valence-corrected chi connectivity index (χ3v) is 8.61. The number of benzene rings is 1. The summed E-state index contributed by atoms with van der Waals surface area (Å²) >= 11 is 0. The van der Waals surface area contributed by atoms with Gasteiger partial charge < -0.3 is 25.7 Å². The van der Waals surface area contributed by atoms with Crippen LogP contribution >= 0.6 is 0 Å². The van der Waals surface area contributed by atoms with E-state index < -0.39 is 11.6 Å². The number of hydrogen-bond acceptors (Lipinski definition) is 5. The highest BCUT2D eigenvalue weighted by atomic mass is 16.5. The van der Waals surface area contributed by atoms with Gasteiger partial charge in [-0.3, -0.25) is 14.4 Å². The summed E-state index contributed by atoms with van der Waals surface area (Å²) < 4.78 is 5.39. The zero-order valence-corrected chi connectivity index (χ0v) is 19.6. The Kier molecular flexibility index (Phi) is 5.02. The lowest BCUT2D eigenvalue weighted by Crippen LogP contribution is -2.59. The highest BCUT2D eigenvalue weighted by Crippen LogP contribution is 2.58. The van der Waals surface area contributed by atoms with Crippen LogP contribution in [0.3, 0.4) is 0 Å². The Morgan fingerprint density at radius 3 is 2.91 bits per heavy atom. The van der Waals surface area contributed by atoms with E-state index in [9.17, 15) is 19.6 Å². The standard InChI is InChI=1S/C26H29N5O4/c1-35-21-4-2-3-18-15(21)9-20(29-18)23(32)30-19(7-13-5-6-13)24(33)31-26(12-27)10-14-8-17(26)22-16(14)11-28-25(22)34/h2-4,9,13-14,16-17,19,22,29H,5-8,10-11H2,1H3,(H,28,34)(H,30,32)(H,31,33)/t14?,16-,17+,19+,22+,26-/m1/s1. The molecule has 0 radical (unpaired) electrons. The van der Waals surface area contributed by atoms with E-state index in [1.165, 1.54) is 0 Å². The number of nitrogens with one attached hydrogen (secondary N) is 4. The molecule has 3 saturated carbocycles. The van der Waals surface area contributed by atoms with Gasteiger partial charge in [-0.1, -0.05) is 18.9 Å². The molecule has 1 unspecified atom stereocenters. The maximum Gasteiger partial charge on any atom is 0.268 e. The number of methoxy groups -OCH3 is 1. The number of nitrogens with zero attached hydrogens (tertiary/aromatic N) is 1. The Morgan fingerprint density at radius 1 is 1.34 bits per heavy atom. The number of fused-ring (bicyclic) bond motifs is 6. The Morgan fingerprint density at radius 2 is 2.17 bits per heavy atom. The Labute approximate surface area is 203 Å². The third-order valence-electron chi connectivity index (χ3n) is 8.61. The van der Waals surface area contributed by atoms with Gasteiger partial charge in [0.05, 0.1) is 13.2 Å². The molecule has 4 aliphatic rings. The number of amides is 3. The van der Waals surface area contributed by atoms with Crippen LogP contribution in [0.1, 0.15) is 42.6 Å². The number of aromatic nitrogens is 1. The van der Waals surface area contributed by atoms with Gasteiger partial charge in [0.1, 0.15) is 23.0 Å². The van der Waals surface area contributed by atoms with Crippen LogP contribution in [0.4, 0.5) is 0 Å². The number of carbonyl (C=O) groups is 3. The number of ether oxygens (including phenoxy) is 1. The first-order valence-corrected chi connectivity index (χ1v) is 12.4. The van der Waals surface area contributed by atoms with Crippen LogP contribution in [0, 0.1) is 40.9 Å². The van der Waals surface area contributed by atoms with Crippen molar-refractivity contribution in [2.24, 2.45) is 29.6 Å². The van der Waals surface area contributed by atoms with Crippen molar-refractivity contribution in [1.82, 2.24) is 20.9 Å². The minimum absolute atomic E-state index is 0.00635. The molecule has 1 aromatic carbocycles. The van der Waals surface area contributed by atoms with Crippen molar-refractivity contribution in [3.05, 3.63) is 30.0 Å². The van der Waals surface area contributed by atoms with Gasteiger partial charge in [0.15, 0.2) is 0 Å². The molecule has 2 heterocycles. The summed E-state index contributed by atoms with van der Waals surface area (Å²) in [5.41, 5.74) is 0.0528. The maximum atomic E-state index is 13.5. The molecule has 2 bridgehead atoms. The van der Waals surface area contributed by atoms with Gasteiger partial charge in [-0.2, -0.15) is 5.26 Å². The number of nitriles is 1. The van der Waals surface area contributed by atoms with Gasteiger partial charge >= 0.3 is 0 Å². The van der Waals surface area contributed by atoms with E-state index in [2.05, 4.69) is 27.0 Å². The molecule has 4 fully saturated rings. The van der Waals surface area contributed by atoms with Crippen molar-refractivity contribution < 1.29 is 19.1 Å². The molecule has 35 heavy (non-hydrogen) atoms. The van der Waals surface area contributed by atoms with Gasteiger partial charge in [0, 0.05) is 29.3 Å². The molecule has 1 aromatic heterocycles. The van der Waals surface area contributed by atoms with Gasteiger partial charge in [-0.05, 0) is 55.2 Å². The van der Waals surface area contributed by atoms with Crippen molar-refractivity contribution in [3.63, 3.8) is 0 Å². The van der Waals surface area contributed by atoms with Gasteiger partial charge in [-0.25, -0.2) is 0 Å². The minimum Gasteiger partial charge on any atom is -0.496 e. The van der Waals surface area contributed by atoms with E-state index in [-0.39, 0.29) is 41.4 Å². The smallest absolute Gasteiger partial charge is 0.268 e. The van der Waals surface area contributed by atoms with Crippen LogP contribution in [0.5, 0.6) is 5.75 Å². The van der Waals surface area contributed by atoms with Crippen molar-refractivity contribution in [2.45, 2.75) is 43.7 Å². The second-order valence-electron chi connectivity index (χ2n) is 10.6. The molecular formula is C26H29N5O4. The quantitative estimate of drug-likeness (QED) is 0.485. The first kappa shape index (κ1) is 22.0. The van der Waals surface area contributed by atoms with Gasteiger partial charge in [0.2, 0.25) is 11.8 Å². The first-order chi connectivity index (χ1) is 16.9. The van der Waals surface area contributed by atoms with E-state index in [0.29, 0.717) is 36.7 Å². The van der Waals surface area contributed by atoms with Gasteiger partial charge in [-0.15, -0.1) is 0 Å². The Balaban J connectivity index is 1.21. The monoisotopic (exact) mass is 475 g/mol. The molecule has 1 saturated heterocycles. The normalized spacial score (nSPS) is 31.5. The number of rotatable bonds is 7. The average Bonchev–Trinajstić information content (AvgIpc) is 3.18. The summed E-state index contributed by atoms with van der Waals surface area (Å²) in [4.78, 5) is 42.2. The maximum absolute atomic E-state index is 13.5. The van der Waals surface area contributed by atoms with Crippen molar-refractivity contribution >= 4 is 28.6 Å². The van der Waals surface area contributed by atoms with E-state index in [1.54, 1.807) is 13.2 Å². The molecule has 6 rings (SSSR count). The zero-order valence-electron chi connectivity index (χ0n) is 19.6. The molecule has 4 N–H and O–H groups in total. The topological polar surface area (TPSA) is 136 Å².